The Kier molecular flexibility index (Phi) is 2.37. The van der Waals surface area contributed by atoms with E-state index in [1.807, 2.05) is 31.4 Å². The summed E-state index contributed by atoms with van der Waals surface area (Å²) in [6, 6.07) is 7.90. The molecule has 5 nitrogen and oxygen atoms in total. The second-order valence-corrected chi connectivity index (χ2v) is 3.98. The summed E-state index contributed by atoms with van der Waals surface area (Å²) in [6.45, 7) is 0. The molecule has 0 aliphatic carbocycles. The molecule has 0 spiro atoms. The normalized spacial score (nSPS) is 10.7. The van der Waals surface area contributed by atoms with Crippen LogP contribution in [0.5, 0.6) is 11.8 Å². The summed E-state index contributed by atoms with van der Waals surface area (Å²) < 4.78 is 7.55. The van der Waals surface area contributed by atoms with Crippen LogP contribution >= 0.6 is 0 Å². The van der Waals surface area contributed by atoms with Gasteiger partial charge in [-0.1, -0.05) is 0 Å². The maximum Gasteiger partial charge on any atom is 0.301 e. The average molecular weight is 240 g/mol. The second-order valence-electron chi connectivity index (χ2n) is 3.98. The first-order valence-electron chi connectivity index (χ1n) is 5.54. The highest BCUT2D eigenvalue weighted by atomic mass is 16.5. The molecule has 3 aromatic rings. The summed E-state index contributed by atoms with van der Waals surface area (Å²) in [6.07, 6.45) is 5.22. The van der Waals surface area contributed by atoms with Crippen molar-refractivity contribution >= 4 is 16.6 Å². The third-order valence-corrected chi connectivity index (χ3v) is 2.74. The number of ether oxygens (including phenoxy) is 1. The number of imidazole rings is 1. The van der Waals surface area contributed by atoms with Gasteiger partial charge in [0.1, 0.15) is 5.52 Å². The minimum absolute atomic E-state index is 0.520. The van der Waals surface area contributed by atoms with Crippen LogP contribution in [0, 0.1) is 0 Å². The van der Waals surface area contributed by atoms with Crippen molar-refractivity contribution in [2.75, 3.05) is 5.73 Å². The Labute approximate surface area is 104 Å². The van der Waals surface area contributed by atoms with Crippen LogP contribution in [-0.4, -0.2) is 14.5 Å². The Morgan fingerprint density at radius 3 is 2.83 bits per heavy atom. The molecule has 1 aromatic carbocycles. The molecule has 0 aliphatic rings. The van der Waals surface area contributed by atoms with E-state index in [1.54, 1.807) is 23.0 Å². The van der Waals surface area contributed by atoms with Crippen molar-refractivity contribution in [2.45, 2.75) is 0 Å². The Bertz CT molecular complexity index is 705. The van der Waals surface area contributed by atoms with Gasteiger partial charge in [0.2, 0.25) is 0 Å². The van der Waals surface area contributed by atoms with Gasteiger partial charge < -0.3 is 15.0 Å². The summed E-state index contributed by atoms with van der Waals surface area (Å²) in [5, 5.41) is 0.879. The van der Waals surface area contributed by atoms with Gasteiger partial charge in [0.15, 0.2) is 5.75 Å². The van der Waals surface area contributed by atoms with E-state index in [-0.39, 0.29) is 0 Å². The fourth-order valence-corrected chi connectivity index (χ4v) is 1.80. The zero-order chi connectivity index (χ0) is 12.5. The Morgan fingerprint density at radius 2 is 2.06 bits per heavy atom. The van der Waals surface area contributed by atoms with E-state index >= 15 is 0 Å². The molecule has 0 aliphatic heterocycles. The lowest BCUT2D eigenvalue weighted by molar-refractivity contribution is 0.428. The lowest BCUT2D eigenvalue weighted by atomic mass is 10.2. The van der Waals surface area contributed by atoms with Crippen LogP contribution < -0.4 is 10.5 Å². The lowest BCUT2D eigenvalue weighted by Gasteiger charge is -2.08. The standard InChI is InChI=1S/C13H12N4O/c1-17-8-7-16-13(17)18-11-5-4-10(14)9-3-2-6-15-12(9)11/h2-8H,14H2,1H3. The van der Waals surface area contributed by atoms with Crippen LogP contribution in [0.1, 0.15) is 0 Å². The molecule has 5 heteroatoms. The molecule has 0 unspecified atom stereocenters. The number of hydrogen-bond acceptors (Lipinski definition) is 4. The van der Waals surface area contributed by atoms with Crippen molar-refractivity contribution in [1.82, 2.24) is 14.5 Å². The van der Waals surface area contributed by atoms with Crippen molar-refractivity contribution in [3.05, 3.63) is 42.9 Å². The van der Waals surface area contributed by atoms with Crippen molar-refractivity contribution in [1.29, 1.82) is 0 Å². The van der Waals surface area contributed by atoms with Crippen LogP contribution in [-0.2, 0) is 7.05 Å². The van der Waals surface area contributed by atoms with E-state index in [1.165, 1.54) is 0 Å². The molecular formula is C13H12N4O. The minimum Gasteiger partial charge on any atom is -0.423 e. The summed E-state index contributed by atoms with van der Waals surface area (Å²) in [5.41, 5.74) is 7.33. The van der Waals surface area contributed by atoms with Gasteiger partial charge in [-0.3, -0.25) is 4.98 Å². The molecule has 18 heavy (non-hydrogen) atoms. The van der Waals surface area contributed by atoms with Gasteiger partial charge in [0.05, 0.1) is 0 Å². The quantitative estimate of drug-likeness (QED) is 0.698. The van der Waals surface area contributed by atoms with Crippen LogP contribution in [0.15, 0.2) is 42.9 Å². The maximum absolute atomic E-state index is 5.91. The molecule has 0 saturated carbocycles. The number of nitrogens with zero attached hydrogens (tertiary/aromatic N) is 3. The zero-order valence-corrected chi connectivity index (χ0v) is 9.87. The first kappa shape index (κ1) is 10.6. The van der Waals surface area contributed by atoms with E-state index in [4.69, 9.17) is 10.5 Å². The number of nitrogen functional groups attached to an aromatic ring is 1. The summed E-state index contributed by atoms with van der Waals surface area (Å²) in [5.74, 6) is 0.647. The number of aromatic nitrogens is 3. The Hall–Kier alpha value is -2.56. The van der Waals surface area contributed by atoms with Gasteiger partial charge in [-0.05, 0) is 24.3 Å². The van der Waals surface area contributed by atoms with E-state index in [9.17, 15) is 0 Å². The third kappa shape index (κ3) is 1.66. The van der Waals surface area contributed by atoms with Crippen LogP contribution in [0.2, 0.25) is 0 Å². The molecule has 90 valence electrons. The largest absolute Gasteiger partial charge is 0.423 e. The monoisotopic (exact) mass is 240 g/mol. The Morgan fingerprint density at radius 1 is 1.17 bits per heavy atom. The molecule has 2 heterocycles. The molecule has 0 amide bonds. The lowest BCUT2D eigenvalue weighted by Crippen LogP contribution is -1.96. The molecule has 2 aromatic heterocycles. The molecule has 0 atom stereocenters. The number of aryl methyl sites for hydroxylation is 1. The van der Waals surface area contributed by atoms with Crippen LogP contribution in [0.25, 0.3) is 10.9 Å². The van der Waals surface area contributed by atoms with E-state index in [0.29, 0.717) is 17.4 Å². The first-order chi connectivity index (χ1) is 8.75. The predicted octanol–water partition coefficient (Wildman–Crippen LogP) is 2.34. The van der Waals surface area contributed by atoms with Crippen molar-refractivity contribution in [3.63, 3.8) is 0 Å². The number of pyridine rings is 1. The molecule has 0 bridgehead atoms. The van der Waals surface area contributed by atoms with Gasteiger partial charge in [-0.2, -0.15) is 0 Å². The highest BCUT2D eigenvalue weighted by Gasteiger charge is 2.09. The van der Waals surface area contributed by atoms with Gasteiger partial charge in [-0.25, -0.2) is 4.98 Å². The number of benzene rings is 1. The number of anilines is 1. The molecule has 0 saturated heterocycles. The predicted molar refractivity (Wildman–Crippen MR) is 69.4 cm³/mol. The highest BCUT2D eigenvalue weighted by molar-refractivity contribution is 5.94. The first-order valence-corrected chi connectivity index (χ1v) is 5.54. The summed E-state index contributed by atoms with van der Waals surface area (Å²) >= 11 is 0. The molecule has 0 radical (unpaired) electrons. The van der Waals surface area contributed by atoms with Gasteiger partial charge in [0.25, 0.3) is 0 Å². The van der Waals surface area contributed by atoms with Gasteiger partial charge in [0, 0.05) is 36.7 Å². The zero-order valence-electron chi connectivity index (χ0n) is 9.87. The number of rotatable bonds is 2. The van der Waals surface area contributed by atoms with Gasteiger partial charge >= 0.3 is 6.01 Å². The Balaban J connectivity index is 2.13. The number of hydrogen-bond donors (Lipinski definition) is 1. The molecule has 2 N–H and O–H groups in total. The third-order valence-electron chi connectivity index (χ3n) is 2.74. The SMILES string of the molecule is Cn1ccnc1Oc1ccc(N)c2cccnc12. The maximum atomic E-state index is 5.91. The topological polar surface area (TPSA) is 66.0 Å². The molecule has 3 rings (SSSR count). The number of fused-ring (bicyclic) bond motifs is 1. The summed E-state index contributed by atoms with van der Waals surface area (Å²) in [7, 11) is 1.87. The number of nitrogens with two attached hydrogens (primary N) is 1. The second kappa shape index (κ2) is 4.03. The van der Waals surface area contributed by atoms with E-state index < -0.39 is 0 Å². The fourth-order valence-electron chi connectivity index (χ4n) is 1.80. The average Bonchev–Trinajstić information content (AvgIpc) is 2.79. The van der Waals surface area contributed by atoms with E-state index in [2.05, 4.69) is 9.97 Å². The van der Waals surface area contributed by atoms with Crippen molar-refractivity contribution in [3.8, 4) is 11.8 Å². The molecule has 0 fully saturated rings. The van der Waals surface area contributed by atoms with Crippen molar-refractivity contribution < 1.29 is 4.74 Å². The fraction of sp³-hybridized carbons (Fsp3) is 0.0769. The van der Waals surface area contributed by atoms with E-state index in [0.717, 1.165) is 10.9 Å². The smallest absolute Gasteiger partial charge is 0.301 e. The summed E-state index contributed by atoms with van der Waals surface area (Å²) in [4.78, 5) is 8.43. The highest BCUT2D eigenvalue weighted by Crippen LogP contribution is 2.30. The van der Waals surface area contributed by atoms with Crippen molar-refractivity contribution in [2.24, 2.45) is 7.05 Å². The minimum atomic E-state index is 0.520. The van der Waals surface area contributed by atoms with Crippen LogP contribution in [0.4, 0.5) is 5.69 Å². The molecular weight excluding hydrogens is 228 g/mol. The van der Waals surface area contributed by atoms with Gasteiger partial charge in [-0.15, -0.1) is 0 Å². The van der Waals surface area contributed by atoms with Crippen LogP contribution in [0.3, 0.4) is 0 Å².